The van der Waals surface area contributed by atoms with Gasteiger partial charge < -0.3 is 51.9 Å². The number of para-hydroxylation sites is 2. The van der Waals surface area contributed by atoms with E-state index in [1.165, 1.54) is 68.0 Å². The van der Waals surface area contributed by atoms with Crippen molar-refractivity contribution in [2.24, 2.45) is 35.5 Å². The number of likely N-dealkylation sites (N-methyl/N-ethyl adjacent to an activating group) is 2. The molecule has 23 nitrogen and oxygen atoms in total. The van der Waals surface area contributed by atoms with Gasteiger partial charge in [0.05, 0.1) is 65.6 Å². The second kappa shape index (κ2) is 32.8. The molecule has 12 rings (SSSR count). The molecule has 0 bridgehead atoms. The molecule has 0 aliphatic carbocycles. The minimum Gasteiger partial charge on any atom is -0.477 e. The van der Waals surface area contributed by atoms with E-state index in [9.17, 15) is 43.5 Å². The lowest BCUT2D eigenvalue weighted by molar-refractivity contribution is -0.163. The van der Waals surface area contributed by atoms with Crippen molar-refractivity contribution in [3.63, 3.8) is 0 Å². The average Bonchev–Trinajstić information content (AvgIpc) is 1.56. The topological polar surface area (TPSA) is 267 Å². The summed E-state index contributed by atoms with van der Waals surface area (Å²) >= 11 is 5.90. The van der Waals surface area contributed by atoms with Crippen molar-refractivity contribution in [3.05, 3.63) is 153 Å². The second-order valence-corrected chi connectivity index (χ2v) is 44.0. The molecule has 3 saturated heterocycles. The third kappa shape index (κ3) is 17.1. The highest BCUT2D eigenvalue weighted by Crippen LogP contribution is 2.59. The zero-order valence-corrected chi connectivity index (χ0v) is 68.0. The molecule has 560 valence electrons. The number of carboxylic acid groups (broad SMARTS) is 1. The van der Waals surface area contributed by atoms with Crippen LogP contribution in [0.15, 0.2) is 150 Å². The number of thiazole rings is 2. The number of thioether (sulfide) groups is 2. The van der Waals surface area contributed by atoms with Crippen LogP contribution in [0.1, 0.15) is 79.6 Å². The first-order valence-corrected chi connectivity index (χ1v) is 46.6. The molecule has 4 aromatic rings. The molecule has 14 atom stereocenters. The van der Waals surface area contributed by atoms with Gasteiger partial charge >= 0.3 is 25.7 Å². The first-order chi connectivity index (χ1) is 49.1. The number of carbonyl (C=O) groups excluding carboxylic acids is 5. The smallest absolute Gasteiger partial charge is 0.477 e. The number of aromatic nitrogens is 2. The van der Waals surface area contributed by atoms with Crippen molar-refractivity contribution >= 4 is 117 Å². The molecular formula is C74H96N7O16PS4Si2. The Hall–Kier alpha value is -6.74. The van der Waals surface area contributed by atoms with Gasteiger partial charge in [0.25, 0.3) is 0 Å². The maximum absolute atomic E-state index is 14.2. The van der Waals surface area contributed by atoms with Crippen molar-refractivity contribution < 1.29 is 75.4 Å². The Labute approximate surface area is 628 Å². The summed E-state index contributed by atoms with van der Waals surface area (Å²) in [6, 6.07) is 16.9. The van der Waals surface area contributed by atoms with Crippen molar-refractivity contribution in [2.75, 3.05) is 40.4 Å². The summed E-state index contributed by atoms with van der Waals surface area (Å²) in [6.45, 7) is 37.2. The van der Waals surface area contributed by atoms with E-state index in [-0.39, 0.29) is 102 Å². The van der Waals surface area contributed by atoms with Gasteiger partial charge in [0.2, 0.25) is 17.7 Å². The molecule has 2 N–H and O–H groups in total. The number of benzene rings is 2. The van der Waals surface area contributed by atoms with E-state index < -0.39 is 72.3 Å². The SMILES string of the molecule is C=CCOC(=O)C1=C(OP(=O)(Oc2ccccc2)Oc2ccccc2)[C@H](C)[C@@H]2[C@@H]([C@@H](C)O[Si](C)(C)C)C(=O)N12.C=CCOC(=O)C1=C(Sc2nc(C3=CCN(C)[C@H](C)C3)cs2)[C@H](C)[C@@H]2[C@@H]([C@@H](C)O[Si](C)(C)C)C(=O)N12.C[C@@H]1CC(c2csc(SC3=C(C(=O)O)N4C(=O)[C@H]([C@@H](C)O)[C@H]4[C@H]3C)n2)=CCN1C. The number of phosphoric acid groups is 1. The fourth-order valence-electron chi connectivity index (χ4n) is 14.5. The van der Waals surface area contributed by atoms with Crippen LogP contribution in [0.3, 0.4) is 0 Å². The van der Waals surface area contributed by atoms with E-state index in [0.29, 0.717) is 22.7 Å². The molecule has 3 amide bonds. The number of hydrogen-bond donors (Lipinski definition) is 2. The standard InChI is InChI=1S/C28H34NO8PSi.C26H37N3O4S2Si.C20H25N3O4S2/c1-7-18-33-28(31)25-26(19(2)24-23(27(30)29(24)25)20(3)37-39(4,5)6)36-38(32,34-21-14-10-8-11-15-21)35-22-16-12-9-13-17-22;1-9-12-32-25(31)22-23(16(3)21-20(24(30)29(21)22)17(4)33-36(6,7)8)35-26-27-19(14-34-26)18-10-11-28(5)15(2)13-18;1-9-7-12(5-6-22(9)4)13-8-28-20(21-13)29-17-10(2)15-14(11(3)24)18(25)23(15)16(17)19(26)27/h7-17,19-20,23-24H,1,18H2,2-6H3;9-10,14-17,20-21H,1,11-13H2,2-8H3;5,8-11,14-15,24H,6-7H2,1-4H3,(H,26,27)/t19-,20-,23-,24-;15-,16-,17-,20-,21-;9-,10-,11-,14-,15-/m111/s1. The third-order valence-electron chi connectivity index (χ3n) is 19.6. The monoisotopic (exact) mass is 1550 g/mol. The van der Waals surface area contributed by atoms with Crippen LogP contribution in [0.2, 0.25) is 39.3 Å². The molecular weight excluding hydrogens is 1460 g/mol. The molecule has 30 heteroatoms. The highest BCUT2D eigenvalue weighted by molar-refractivity contribution is 8.05. The minimum absolute atomic E-state index is 0.000288. The number of amides is 3. The summed E-state index contributed by atoms with van der Waals surface area (Å²) in [5.41, 5.74) is 4.70. The van der Waals surface area contributed by atoms with Crippen LogP contribution in [0.4, 0.5) is 0 Å². The number of aliphatic hydroxyl groups excluding tert-OH is 1. The van der Waals surface area contributed by atoms with E-state index in [1.54, 1.807) is 90.7 Å². The number of aliphatic carboxylic acids is 1. The first kappa shape index (κ1) is 79.8. The van der Waals surface area contributed by atoms with Crippen LogP contribution < -0.4 is 9.05 Å². The molecule has 0 spiro atoms. The highest BCUT2D eigenvalue weighted by Gasteiger charge is 2.64. The third-order valence-corrected chi connectivity index (χ3v) is 27.5. The van der Waals surface area contributed by atoms with Gasteiger partial charge in [0, 0.05) is 63.5 Å². The lowest BCUT2D eigenvalue weighted by Crippen LogP contribution is -2.64. The van der Waals surface area contributed by atoms with Gasteiger partial charge in [-0.05, 0) is 136 Å². The fraction of sp³-hybridized carbons (Fsp3) is 0.486. The lowest BCUT2D eigenvalue weighted by atomic mass is 9.79. The van der Waals surface area contributed by atoms with Gasteiger partial charge in [-0.1, -0.05) is 118 Å². The van der Waals surface area contributed by atoms with Crippen LogP contribution in [-0.2, 0) is 56.2 Å². The molecule has 104 heavy (non-hydrogen) atoms. The van der Waals surface area contributed by atoms with Gasteiger partial charge in [-0.2, -0.15) is 4.57 Å². The van der Waals surface area contributed by atoms with Gasteiger partial charge in [-0.15, -0.1) is 22.7 Å². The number of carboxylic acids is 1. The maximum Gasteiger partial charge on any atom is 0.646 e. The molecule has 10 heterocycles. The summed E-state index contributed by atoms with van der Waals surface area (Å²) in [7, 11) is -3.97. The first-order valence-electron chi connectivity index (χ1n) is 35.0. The van der Waals surface area contributed by atoms with Crippen LogP contribution in [0, 0.1) is 35.5 Å². The average molecular weight is 1560 g/mol. The summed E-state index contributed by atoms with van der Waals surface area (Å²) in [5.74, 6) is -4.60. The number of β-lactam (4-membered cyclic amide) rings is 3. The largest absolute Gasteiger partial charge is 0.646 e. The lowest BCUT2D eigenvalue weighted by Gasteiger charge is -2.48. The van der Waals surface area contributed by atoms with Crippen molar-refractivity contribution in [1.82, 2.24) is 34.5 Å². The minimum atomic E-state index is -4.42. The number of nitrogens with zero attached hydrogens (tertiary/aromatic N) is 7. The molecule has 3 fully saturated rings. The number of hydrogen-bond acceptors (Lipinski definition) is 23. The van der Waals surface area contributed by atoms with Crippen molar-refractivity contribution in [3.8, 4) is 11.5 Å². The molecule has 2 aromatic heterocycles. The van der Waals surface area contributed by atoms with Crippen LogP contribution in [0.25, 0.3) is 11.1 Å². The molecule has 8 aliphatic heterocycles. The Kier molecular flexibility index (Phi) is 25.2. The normalized spacial score (nSPS) is 26.2. The van der Waals surface area contributed by atoms with E-state index in [2.05, 4.69) is 95.0 Å². The second-order valence-electron chi connectivity index (χ2n) is 29.4. The molecule has 2 aromatic carbocycles. The highest BCUT2D eigenvalue weighted by atomic mass is 32.2. The molecule has 0 radical (unpaired) electrons. The maximum atomic E-state index is 14.2. The summed E-state index contributed by atoms with van der Waals surface area (Å²) in [6.07, 6.45) is 7.91. The van der Waals surface area contributed by atoms with Crippen LogP contribution in [-0.4, -0.2) is 186 Å². The van der Waals surface area contributed by atoms with E-state index >= 15 is 0 Å². The number of ether oxygens (including phenoxy) is 2. The fourth-order valence-corrected chi connectivity index (χ4v) is 22.6. The van der Waals surface area contributed by atoms with Crippen LogP contribution >= 0.6 is 54.0 Å². The number of phosphoric ester groups is 1. The quantitative estimate of drug-likeness (QED) is 0.0194. The number of carbonyl (C=O) groups is 6. The van der Waals surface area contributed by atoms with Gasteiger partial charge in [-0.3, -0.25) is 29.1 Å². The summed E-state index contributed by atoms with van der Waals surface area (Å²) in [4.78, 5) is 97.5. The Balaban J connectivity index is 0.000000169. The number of aliphatic hydroxyl groups is 1. The molecule has 0 unspecified atom stereocenters. The Bertz CT molecular complexity index is 4110. The van der Waals surface area contributed by atoms with Gasteiger partial charge in [-0.25, -0.2) is 24.4 Å². The van der Waals surface area contributed by atoms with Crippen molar-refractivity contribution in [1.29, 1.82) is 0 Å². The van der Waals surface area contributed by atoms with E-state index in [4.69, 9.17) is 41.9 Å². The van der Waals surface area contributed by atoms with E-state index in [0.717, 1.165) is 50.9 Å². The molecule has 0 saturated carbocycles. The van der Waals surface area contributed by atoms with Crippen molar-refractivity contribution in [2.45, 2.75) is 165 Å². The number of rotatable bonds is 26. The zero-order chi connectivity index (χ0) is 75.8. The Morgan fingerprint density at radius 3 is 1.39 bits per heavy atom. The van der Waals surface area contributed by atoms with E-state index in [1.807, 2.05) is 45.8 Å². The van der Waals surface area contributed by atoms with Gasteiger partial charge in [0.1, 0.15) is 41.9 Å². The Morgan fingerprint density at radius 1 is 0.606 bits per heavy atom. The number of fused-ring (bicyclic) bond motifs is 3. The predicted octanol–water partition coefficient (Wildman–Crippen LogP) is 13.4. The van der Waals surface area contributed by atoms with Gasteiger partial charge in [0.15, 0.2) is 31.0 Å². The predicted molar refractivity (Wildman–Crippen MR) is 409 cm³/mol. The summed E-state index contributed by atoms with van der Waals surface area (Å²) < 4.78 is 56.6. The van der Waals surface area contributed by atoms with Crippen LogP contribution in [0.5, 0.6) is 11.5 Å². The number of esters is 2. The molecule has 8 aliphatic rings. The Morgan fingerprint density at radius 2 is 0.990 bits per heavy atom. The zero-order valence-electron chi connectivity index (χ0n) is 61.8. The summed E-state index contributed by atoms with van der Waals surface area (Å²) in [5, 5.41) is 23.8.